The Bertz CT molecular complexity index is 801. The molecule has 4 saturated carbocycles. The van der Waals surface area contributed by atoms with Crippen molar-refractivity contribution in [1.82, 2.24) is 0 Å². The Hall–Kier alpha value is -1.64. The van der Waals surface area contributed by atoms with E-state index in [1.165, 1.54) is 25.7 Å². The van der Waals surface area contributed by atoms with Crippen LogP contribution in [0.5, 0.6) is 0 Å². The summed E-state index contributed by atoms with van der Waals surface area (Å²) < 4.78 is 6.11. The zero-order chi connectivity index (χ0) is 20.2. The SMILES string of the molecule is C[C@]12CCC(=O)C[C@H]1CC[C@@H]1[C@@H]2CC[C@]2(C)[C@@H](OC(=O)c3ccccc3)CC[C@@H]12. The lowest BCUT2D eigenvalue weighted by Gasteiger charge is -2.60. The summed E-state index contributed by atoms with van der Waals surface area (Å²) in [4.78, 5) is 24.8. The molecule has 3 nitrogen and oxygen atoms in total. The van der Waals surface area contributed by atoms with Crippen LogP contribution in [0.4, 0.5) is 0 Å². The molecule has 1 aromatic carbocycles. The first-order chi connectivity index (χ1) is 13.9. The Kier molecular flexibility index (Phi) is 4.64. The van der Waals surface area contributed by atoms with Gasteiger partial charge in [-0.05, 0) is 86.2 Å². The summed E-state index contributed by atoms with van der Waals surface area (Å²) in [6.45, 7) is 4.88. The average molecular weight is 395 g/mol. The molecule has 0 saturated heterocycles. The van der Waals surface area contributed by atoms with E-state index in [9.17, 15) is 9.59 Å². The highest BCUT2D eigenvalue weighted by molar-refractivity contribution is 5.89. The molecule has 0 heterocycles. The van der Waals surface area contributed by atoms with E-state index in [1.54, 1.807) is 0 Å². The van der Waals surface area contributed by atoms with Gasteiger partial charge in [0, 0.05) is 18.3 Å². The number of ketones is 1. The largest absolute Gasteiger partial charge is 0.458 e. The van der Waals surface area contributed by atoms with E-state index in [1.807, 2.05) is 30.3 Å². The molecule has 1 aromatic rings. The molecule has 0 amide bonds. The van der Waals surface area contributed by atoms with Crippen molar-refractivity contribution in [2.75, 3.05) is 0 Å². The van der Waals surface area contributed by atoms with Gasteiger partial charge >= 0.3 is 5.97 Å². The van der Waals surface area contributed by atoms with Crippen molar-refractivity contribution in [3.05, 3.63) is 35.9 Å². The highest BCUT2D eigenvalue weighted by atomic mass is 16.5. The van der Waals surface area contributed by atoms with Crippen LogP contribution < -0.4 is 0 Å². The maximum atomic E-state index is 12.7. The highest BCUT2D eigenvalue weighted by Crippen LogP contribution is 2.66. The Morgan fingerprint density at radius 3 is 2.48 bits per heavy atom. The predicted molar refractivity (Wildman–Crippen MR) is 112 cm³/mol. The summed E-state index contributed by atoms with van der Waals surface area (Å²) in [7, 11) is 0. The number of hydrogen-bond donors (Lipinski definition) is 0. The number of Topliss-reactive ketones (excluding diaryl/α,β-unsaturated/α-hetero) is 1. The number of ether oxygens (including phenoxy) is 1. The normalized spacial score (nSPS) is 43.8. The van der Waals surface area contributed by atoms with Crippen molar-refractivity contribution < 1.29 is 14.3 Å². The number of benzene rings is 1. The van der Waals surface area contributed by atoms with Crippen LogP contribution in [0, 0.1) is 34.5 Å². The standard InChI is InChI=1S/C26H34O3/c1-25-14-12-19(27)16-18(25)8-9-20-21-10-11-23(26(21,2)15-13-22(20)25)29-24(28)17-6-4-3-5-7-17/h3-7,18,20-23H,8-16H2,1-2H3/t18-,20+,21+,22+,23+,25+,26+/m1/s1. The molecule has 4 aliphatic carbocycles. The van der Waals surface area contributed by atoms with Gasteiger partial charge in [0.25, 0.3) is 0 Å². The van der Waals surface area contributed by atoms with Gasteiger partial charge in [-0.1, -0.05) is 32.0 Å². The van der Waals surface area contributed by atoms with Crippen LogP contribution in [0.3, 0.4) is 0 Å². The van der Waals surface area contributed by atoms with Crippen molar-refractivity contribution in [1.29, 1.82) is 0 Å². The summed E-state index contributed by atoms with van der Waals surface area (Å²) in [6.07, 6.45) is 9.79. The number of rotatable bonds is 2. The third-order valence-electron chi connectivity index (χ3n) is 9.65. The molecule has 29 heavy (non-hydrogen) atoms. The first-order valence-corrected chi connectivity index (χ1v) is 11.7. The second kappa shape index (κ2) is 6.96. The van der Waals surface area contributed by atoms with Crippen molar-refractivity contribution in [2.45, 2.75) is 77.7 Å². The number of esters is 1. The van der Waals surface area contributed by atoms with Crippen LogP contribution >= 0.6 is 0 Å². The first-order valence-electron chi connectivity index (χ1n) is 11.7. The molecule has 156 valence electrons. The number of carbonyl (C=O) groups is 2. The molecule has 3 heteroatoms. The summed E-state index contributed by atoms with van der Waals surface area (Å²) in [6, 6.07) is 9.42. The van der Waals surface area contributed by atoms with Gasteiger partial charge in [-0.2, -0.15) is 0 Å². The summed E-state index contributed by atoms with van der Waals surface area (Å²) in [5.74, 6) is 3.06. The van der Waals surface area contributed by atoms with E-state index >= 15 is 0 Å². The van der Waals surface area contributed by atoms with Gasteiger partial charge < -0.3 is 4.74 Å². The zero-order valence-corrected chi connectivity index (χ0v) is 17.9. The van der Waals surface area contributed by atoms with Crippen molar-refractivity contribution >= 4 is 11.8 Å². The van der Waals surface area contributed by atoms with Gasteiger partial charge in [0.1, 0.15) is 11.9 Å². The zero-order valence-electron chi connectivity index (χ0n) is 17.9. The minimum atomic E-state index is -0.166. The average Bonchev–Trinajstić information content (AvgIpc) is 3.05. The van der Waals surface area contributed by atoms with E-state index in [4.69, 9.17) is 4.74 Å². The molecule has 4 fully saturated rings. The smallest absolute Gasteiger partial charge is 0.338 e. The highest BCUT2D eigenvalue weighted by Gasteiger charge is 2.61. The minimum Gasteiger partial charge on any atom is -0.458 e. The molecule has 0 N–H and O–H groups in total. The maximum absolute atomic E-state index is 12.7. The van der Waals surface area contributed by atoms with Crippen LogP contribution in [0.25, 0.3) is 0 Å². The number of carbonyl (C=O) groups excluding carboxylic acids is 2. The number of hydrogen-bond acceptors (Lipinski definition) is 3. The van der Waals surface area contributed by atoms with Gasteiger partial charge in [0.2, 0.25) is 0 Å². The lowest BCUT2D eigenvalue weighted by atomic mass is 9.45. The maximum Gasteiger partial charge on any atom is 0.338 e. The van der Waals surface area contributed by atoms with Crippen LogP contribution in [0.2, 0.25) is 0 Å². The van der Waals surface area contributed by atoms with Crippen molar-refractivity contribution in [3.63, 3.8) is 0 Å². The molecule has 0 radical (unpaired) electrons. The third kappa shape index (κ3) is 2.99. The van der Waals surface area contributed by atoms with Gasteiger partial charge in [-0.3, -0.25) is 4.79 Å². The topological polar surface area (TPSA) is 43.4 Å². The summed E-state index contributed by atoms with van der Waals surface area (Å²) in [5, 5.41) is 0. The van der Waals surface area contributed by atoms with Gasteiger partial charge in [-0.15, -0.1) is 0 Å². The molecule has 7 atom stereocenters. The second-order valence-corrected chi connectivity index (χ2v) is 10.8. The van der Waals surface area contributed by atoms with E-state index in [2.05, 4.69) is 13.8 Å². The molecule has 0 aromatic heterocycles. The second-order valence-electron chi connectivity index (χ2n) is 10.8. The van der Waals surface area contributed by atoms with E-state index < -0.39 is 0 Å². The molecule has 0 unspecified atom stereocenters. The van der Waals surface area contributed by atoms with Crippen LogP contribution in [0.1, 0.15) is 82.0 Å². The monoisotopic (exact) mass is 394 g/mol. The Labute approximate surface area is 174 Å². The summed E-state index contributed by atoms with van der Waals surface area (Å²) >= 11 is 0. The first kappa shape index (κ1) is 19.3. The van der Waals surface area contributed by atoms with Gasteiger partial charge in [-0.25, -0.2) is 4.79 Å². The van der Waals surface area contributed by atoms with E-state index in [-0.39, 0.29) is 17.5 Å². The Morgan fingerprint density at radius 1 is 0.931 bits per heavy atom. The fraction of sp³-hybridized carbons (Fsp3) is 0.692. The molecule has 5 rings (SSSR count). The molecular weight excluding hydrogens is 360 g/mol. The van der Waals surface area contributed by atoms with Crippen LogP contribution in [0.15, 0.2) is 30.3 Å². The van der Waals surface area contributed by atoms with Crippen molar-refractivity contribution in [2.24, 2.45) is 34.5 Å². The lowest BCUT2D eigenvalue weighted by molar-refractivity contribution is -0.142. The molecule has 4 aliphatic rings. The third-order valence-corrected chi connectivity index (χ3v) is 9.65. The van der Waals surface area contributed by atoms with Crippen LogP contribution in [-0.2, 0) is 9.53 Å². The summed E-state index contributed by atoms with van der Waals surface area (Å²) in [5.41, 5.74) is 1.11. The fourth-order valence-electron chi connectivity index (χ4n) is 7.96. The quantitative estimate of drug-likeness (QED) is 0.593. The van der Waals surface area contributed by atoms with Crippen LogP contribution in [-0.4, -0.2) is 17.9 Å². The lowest BCUT2D eigenvalue weighted by Crippen LogP contribution is -2.54. The Balaban J connectivity index is 1.34. The molecule has 0 bridgehead atoms. The predicted octanol–water partition coefficient (Wildman–Crippen LogP) is 5.82. The molecular formula is C26H34O3. The van der Waals surface area contributed by atoms with E-state index in [0.717, 1.165) is 43.9 Å². The molecule has 0 spiro atoms. The minimum absolute atomic E-state index is 0.0413. The van der Waals surface area contributed by atoms with Crippen molar-refractivity contribution in [3.8, 4) is 0 Å². The Morgan fingerprint density at radius 2 is 1.69 bits per heavy atom. The number of fused-ring (bicyclic) bond motifs is 5. The fourth-order valence-corrected chi connectivity index (χ4v) is 7.96. The van der Waals surface area contributed by atoms with E-state index in [0.29, 0.717) is 28.6 Å². The van der Waals surface area contributed by atoms with Gasteiger partial charge in [0.05, 0.1) is 5.56 Å². The molecule has 0 aliphatic heterocycles. The van der Waals surface area contributed by atoms with Gasteiger partial charge in [0.15, 0.2) is 0 Å².